The van der Waals surface area contributed by atoms with Crippen molar-refractivity contribution in [2.24, 2.45) is 28.1 Å². The number of nitrogens with one attached hydrogen (secondary N) is 7. The van der Waals surface area contributed by atoms with E-state index >= 15 is 0 Å². The number of thiol groups is 2. The van der Waals surface area contributed by atoms with Gasteiger partial charge in [-0.1, -0.05) is 32.0 Å². The summed E-state index contributed by atoms with van der Waals surface area (Å²) in [6.45, 7) is 4.52. The zero-order valence-corrected chi connectivity index (χ0v) is 31.7. The number of H-pyrrole nitrogens is 1. The minimum Gasteiger partial charge on any atom is -0.370 e. The van der Waals surface area contributed by atoms with Crippen LogP contribution in [0.1, 0.15) is 45.6 Å². The molecule has 53 heavy (non-hydrogen) atoms. The fraction of sp³-hybridized carbons (Fsp3) is 0.515. The van der Waals surface area contributed by atoms with E-state index in [-0.39, 0.29) is 55.6 Å². The van der Waals surface area contributed by atoms with Gasteiger partial charge in [0.15, 0.2) is 5.96 Å². The molecule has 0 saturated carbocycles. The van der Waals surface area contributed by atoms with Gasteiger partial charge in [0.05, 0.1) is 6.54 Å². The van der Waals surface area contributed by atoms with Gasteiger partial charge >= 0.3 is 0 Å². The van der Waals surface area contributed by atoms with Gasteiger partial charge in [0.1, 0.15) is 30.2 Å². The largest absolute Gasteiger partial charge is 0.370 e. The molecule has 0 radical (unpaired) electrons. The quantitative estimate of drug-likeness (QED) is 0.0265. The maximum absolute atomic E-state index is 13.9. The molecule has 18 nitrogen and oxygen atoms in total. The maximum Gasteiger partial charge on any atom is 0.243 e. The van der Waals surface area contributed by atoms with Crippen LogP contribution in [0.4, 0.5) is 0 Å². The van der Waals surface area contributed by atoms with Crippen molar-refractivity contribution in [3.63, 3.8) is 0 Å². The van der Waals surface area contributed by atoms with Crippen LogP contribution in [-0.4, -0.2) is 107 Å². The molecule has 0 saturated heterocycles. The number of aromatic amines is 1. The molecule has 7 amide bonds. The molecule has 1 aromatic carbocycles. The molecule has 0 aliphatic carbocycles. The molecule has 5 atom stereocenters. The van der Waals surface area contributed by atoms with Crippen LogP contribution in [0.2, 0.25) is 0 Å². The van der Waals surface area contributed by atoms with E-state index < -0.39 is 78.1 Å². The lowest BCUT2D eigenvalue weighted by Crippen LogP contribution is -2.59. The second kappa shape index (κ2) is 22.2. The van der Waals surface area contributed by atoms with Crippen molar-refractivity contribution in [3.8, 4) is 0 Å². The third-order valence-electron chi connectivity index (χ3n) is 7.81. The number of guanidine groups is 1. The second-order valence-corrected chi connectivity index (χ2v) is 13.4. The summed E-state index contributed by atoms with van der Waals surface area (Å²) in [4.78, 5) is 96.9. The predicted molar refractivity (Wildman–Crippen MR) is 207 cm³/mol. The van der Waals surface area contributed by atoms with Gasteiger partial charge in [-0.2, -0.15) is 25.3 Å². The van der Waals surface area contributed by atoms with Crippen LogP contribution in [0.3, 0.4) is 0 Å². The zero-order chi connectivity index (χ0) is 39.7. The minimum absolute atomic E-state index is 0.00205. The Balaban J connectivity index is 2.32. The number of amides is 7. The third-order valence-corrected chi connectivity index (χ3v) is 8.54. The average molecular weight is 778 g/mol. The molecule has 1 aromatic heterocycles. The predicted octanol–water partition coefficient (Wildman–Crippen LogP) is -2.28. The van der Waals surface area contributed by atoms with Gasteiger partial charge in [0, 0.05) is 48.5 Å². The van der Waals surface area contributed by atoms with Crippen molar-refractivity contribution < 1.29 is 33.6 Å². The van der Waals surface area contributed by atoms with Gasteiger partial charge in [-0.3, -0.25) is 38.6 Å². The fourth-order valence-corrected chi connectivity index (χ4v) is 5.73. The van der Waals surface area contributed by atoms with Crippen molar-refractivity contribution >= 4 is 83.5 Å². The summed E-state index contributed by atoms with van der Waals surface area (Å²) in [7, 11) is 0. The van der Waals surface area contributed by atoms with Crippen molar-refractivity contribution in [2.45, 2.75) is 76.7 Å². The van der Waals surface area contributed by atoms with Gasteiger partial charge in [0.2, 0.25) is 41.4 Å². The molecule has 0 aliphatic heterocycles. The number of aromatic nitrogens is 1. The smallest absolute Gasteiger partial charge is 0.243 e. The lowest BCUT2D eigenvalue weighted by molar-refractivity contribution is -0.134. The van der Waals surface area contributed by atoms with E-state index in [1.165, 1.54) is 6.92 Å². The van der Waals surface area contributed by atoms with E-state index in [0.29, 0.717) is 5.56 Å². The highest BCUT2D eigenvalue weighted by Gasteiger charge is 2.32. The second-order valence-electron chi connectivity index (χ2n) is 12.7. The van der Waals surface area contributed by atoms with Crippen LogP contribution >= 0.6 is 25.3 Å². The number of hydrogen-bond donors (Lipinski definition) is 12. The number of nitrogens with zero attached hydrogens (tertiary/aromatic N) is 1. The first-order chi connectivity index (χ1) is 25.1. The van der Waals surface area contributed by atoms with Gasteiger partial charge in [-0.05, 0) is 36.8 Å². The summed E-state index contributed by atoms with van der Waals surface area (Å²) in [5.74, 6) is -5.10. The van der Waals surface area contributed by atoms with Crippen LogP contribution in [-0.2, 0) is 40.0 Å². The highest BCUT2D eigenvalue weighted by molar-refractivity contribution is 7.80. The van der Waals surface area contributed by atoms with Crippen LogP contribution in [0, 0.1) is 5.92 Å². The molecule has 2 rings (SSSR count). The number of carbonyl (C=O) groups excluding carboxylic acids is 7. The monoisotopic (exact) mass is 777 g/mol. The molecule has 20 heteroatoms. The van der Waals surface area contributed by atoms with Crippen molar-refractivity contribution in [1.29, 1.82) is 0 Å². The summed E-state index contributed by atoms with van der Waals surface area (Å²) in [6.07, 6.45) is 2.15. The molecule has 1 heterocycles. The molecule has 0 fully saturated rings. The Bertz CT molecular complexity index is 1630. The van der Waals surface area contributed by atoms with Crippen molar-refractivity contribution in [2.75, 3.05) is 24.6 Å². The van der Waals surface area contributed by atoms with Gasteiger partial charge in [-0.15, -0.1) is 0 Å². The van der Waals surface area contributed by atoms with E-state index in [2.05, 4.69) is 67.1 Å². The lowest BCUT2D eigenvalue weighted by Gasteiger charge is -2.26. The first-order valence-corrected chi connectivity index (χ1v) is 18.2. The summed E-state index contributed by atoms with van der Waals surface area (Å²) < 4.78 is 0. The zero-order valence-electron chi connectivity index (χ0n) is 29.9. The third kappa shape index (κ3) is 15.3. The topological polar surface area (TPSA) is 298 Å². The normalized spacial score (nSPS) is 13.8. The lowest BCUT2D eigenvalue weighted by atomic mass is 10.0. The molecule has 0 aliphatic rings. The Kier molecular flexibility index (Phi) is 18.5. The highest BCUT2D eigenvalue weighted by Crippen LogP contribution is 2.19. The van der Waals surface area contributed by atoms with E-state index in [1.54, 1.807) is 6.20 Å². The molecule has 0 unspecified atom stereocenters. The summed E-state index contributed by atoms with van der Waals surface area (Å²) in [6, 6.07) is 1.68. The first-order valence-electron chi connectivity index (χ1n) is 16.9. The Morgan fingerprint density at radius 2 is 1.38 bits per heavy atom. The Hall–Kier alpha value is -4.98. The number of nitrogens with two attached hydrogens (primary N) is 3. The summed E-state index contributed by atoms with van der Waals surface area (Å²) >= 11 is 8.15. The number of hydrogen-bond acceptors (Lipinski definition) is 10. The van der Waals surface area contributed by atoms with Gasteiger partial charge in [-0.25, -0.2) is 0 Å². The number of para-hydroxylation sites is 1. The first kappa shape index (κ1) is 44.2. The molecule has 13 N–H and O–H groups in total. The molecular formula is C33H51N11O7S2. The SMILES string of the molecule is CC(=O)N[C@@H](CS)C(=O)NCC(=O)N[C@H](CC(C)C)C(=O)N[C@@H](CCCN=C(N)N)C(=O)N[C@@H](Cc1c[nH]c2ccccc12)C(=O)N[C@@H](CS)C(N)=O. The van der Waals surface area contributed by atoms with E-state index in [4.69, 9.17) is 17.2 Å². The van der Waals surface area contributed by atoms with Crippen LogP contribution in [0.15, 0.2) is 35.5 Å². The summed E-state index contributed by atoms with van der Waals surface area (Å²) in [5, 5.41) is 16.2. The average Bonchev–Trinajstić information content (AvgIpc) is 3.50. The fourth-order valence-electron chi connectivity index (χ4n) is 5.20. The van der Waals surface area contributed by atoms with Gasteiger partial charge in [0.25, 0.3) is 0 Å². The molecule has 0 bridgehead atoms. The van der Waals surface area contributed by atoms with E-state index in [0.717, 1.165) is 10.9 Å². The highest BCUT2D eigenvalue weighted by atomic mass is 32.1. The maximum atomic E-state index is 13.9. The molecular weight excluding hydrogens is 727 g/mol. The number of aliphatic imine (C=N–C) groups is 1. The Labute approximate surface area is 318 Å². The van der Waals surface area contributed by atoms with Crippen LogP contribution in [0.25, 0.3) is 10.9 Å². The van der Waals surface area contributed by atoms with Gasteiger partial charge < -0.3 is 54.1 Å². The van der Waals surface area contributed by atoms with Crippen LogP contribution in [0.5, 0.6) is 0 Å². The number of fused-ring (bicyclic) bond motifs is 1. The number of primary amides is 1. The molecule has 2 aromatic rings. The molecule has 292 valence electrons. The van der Waals surface area contributed by atoms with Crippen LogP contribution < -0.4 is 49.1 Å². The van der Waals surface area contributed by atoms with Crippen molar-refractivity contribution in [3.05, 3.63) is 36.0 Å². The summed E-state index contributed by atoms with van der Waals surface area (Å²) in [5.41, 5.74) is 17.8. The number of rotatable bonds is 22. The minimum atomic E-state index is -1.23. The van der Waals surface area contributed by atoms with E-state index in [1.807, 2.05) is 38.1 Å². The number of carbonyl (C=O) groups is 7. The number of benzene rings is 1. The standard InChI is InChI=1S/C33H51N11O7S2/c1-17(2)11-23(41-27(46)14-39-29(48)26(16-53)40-18(3)45)31(50)42-22(9-6-10-37-33(35)36)30(49)43-24(32(51)44-25(15-52)28(34)47)12-19-13-38-21-8-5-4-7-20(19)21/h4-5,7-8,13,17,22-26,38,52-53H,6,9-12,14-16H2,1-3H3,(H2,34,47)(H,39,48)(H,40,45)(H,41,46)(H,42,50)(H,43,49)(H,44,51)(H4,35,36,37)/t22-,23+,24-,25-,26-/m0/s1. The van der Waals surface area contributed by atoms with E-state index in [9.17, 15) is 33.6 Å². The van der Waals surface area contributed by atoms with Crippen molar-refractivity contribution in [1.82, 2.24) is 36.9 Å². The Morgan fingerprint density at radius 1 is 0.774 bits per heavy atom. The molecule has 0 spiro atoms. The Morgan fingerprint density at radius 3 is 1.98 bits per heavy atom.